The maximum Gasteiger partial charge on any atom is 0.226 e. The Morgan fingerprint density at radius 3 is 0.155 bits per heavy atom. The third-order valence-corrected chi connectivity index (χ3v) is 43.0. The summed E-state index contributed by atoms with van der Waals surface area (Å²) in [6, 6.07) is 0. The van der Waals surface area contributed by atoms with Gasteiger partial charge < -0.3 is 0 Å². The zero-order valence-corrected chi connectivity index (χ0v) is 65.9. The number of hydrogen-bond donors (Lipinski definition) is 0. The lowest BCUT2D eigenvalue weighted by Crippen LogP contribution is -2.77. The van der Waals surface area contributed by atoms with Crippen LogP contribution in [-0.4, -0.2) is 98.6 Å². The molecule has 0 aliphatic rings. The number of hydrogen-bond acceptors (Lipinski definition) is 0. The summed E-state index contributed by atoms with van der Waals surface area (Å²) in [5.74, 6) is 0. The maximum absolute atomic E-state index is 6.66. The normalized spacial score (nSPS) is 17.6. The first-order chi connectivity index (χ1) is 29.5. The van der Waals surface area contributed by atoms with Crippen LogP contribution in [0.4, 0.5) is 0 Å². The van der Waals surface area contributed by atoms with Gasteiger partial charge in [0.2, 0.25) is 16.3 Å². The molecule has 0 aromatic rings. The molecule has 71 heavy (non-hydrogen) atoms. The summed E-state index contributed by atoms with van der Waals surface area (Å²) >= 11 is 309. The van der Waals surface area contributed by atoms with E-state index in [1.165, 1.54) is 0 Å². The molecule has 0 aliphatic carbocycles. The van der Waals surface area contributed by atoms with Gasteiger partial charge in [-0.2, -0.15) is 0 Å². The molecule has 0 rings (SSSR count). The van der Waals surface area contributed by atoms with Crippen LogP contribution in [0.5, 0.6) is 0 Å². The third-order valence-electron chi connectivity index (χ3n) is 8.60. The summed E-state index contributed by atoms with van der Waals surface area (Å²) in [6.07, 6.45) is 0. The molecular formula is C23Cl48. The minimum absolute atomic E-state index is 2.93. The van der Waals surface area contributed by atoms with Crippen molar-refractivity contribution in [3.63, 3.8) is 0 Å². The van der Waals surface area contributed by atoms with Crippen molar-refractivity contribution in [3.05, 3.63) is 0 Å². The van der Waals surface area contributed by atoms with Crippen LogP contribution < -0.4 is 0 Å². The van der Waals surface area contributed by atoms with Gasteiger partial charge in [0.1, 0.15) is 0 Å². The highest BCUT2D eigenvalue weighted by Crippen LogP contribution is 2.80. The fourth-order valence-electron chi connectivity index (χ4n) is 4.10. The Bertz CT molecular complexity index is 1790. The summed E-state index contributed by atoms with van der Waals surface area (Å²) in [6.45, 7) is 0. The predicted octanol–water partition coefficient (Wildman–Crippen LogP) is 28.4. The molecule has 0 saturated heterocycles. The van der Waals surface area contributed by atoms with Crippen molar-refractivity contribution in [2.75, 3.05) is 0 Å². The van der Waals surface area contributed by atoms with Gasteiger partial charge in [0, 0.05) is 0 Å². The number of halogens is 48. The quantitative estimate of drug-likeness (QED) is 0.107. The van der Waals surface area contributed by atoms with Gasteiger partial charge >= 0.3 is 0 Å². The SMILES string of the molecule is ClC(Cl)(Cl)C(Cl)(Cl)C(Cl)(Cl)C(Cl)(Cl)C(Cl)(Cl)C(Cl)(Cl)C(Cl)(Cl)C(Cl)(Cl)C(Cl)(Cl)C(Cl)(Cl)C(Cl)(Cl)C(Cl)(Cl)C(Cl)(Cl)C(Cl)(Cl)C(Cl)(Cl)C(Cl)(Cl)C(Cl)(Cl)C(Cl)(Cl)C(Cl)(Cl)C(Cl)(Cl)C(Cl)(Cl)C(Cl)(Cl)C(Cl)(Cl)Cl. The van der Waals surface area contributed by atoms with Crippen molar-refractivity contribution in [3.8, 4) is 0 Å². The van der Waals surface area contributed by atoms with Gasteiger partial charge in [-0.05, 0) is 0 Å². The molecule has 0 amide bonds. The first-order valence-electron chi connectivity index (χ1n) is 14.6. The zero-order chi connectivity index (χ0) is 59.5. The monoisotopic (exact) mass is 1950 g/mol. The Morgan fingerprint density at radius 1 is 0.0704 bits per heavy atom. The highest BCUT2D eigenvalue weighted by Gasteiger charge is 2.90. The number of rotatable bonds is 20. The Hall–Kier alpha value is 13.9. The van der Waals surface area contributed by atoms with E-state index in [0.717, 1.165) is 0 Å². The molecule has 0 aromatic heterocycles. The van der Waals surface area contributed by atoms with Gasteiger partial charge in [-0.3, -0.25) is 0 Å². The lowest BCUT2D eigenvalue weighted by Gasteiger charge is -2.59. The largest absolute Gasteiger partial charge is 0.226 e. The van der Waals surface area contributed by atoms with E-state index < -0.39 is 98.6 Å². The molecule has 0 aromatic carbocycles. The highest BCUT2D eigenvalue weighted by atomic mass is 35.6. The molecule has 0 radical (unpaired) electrons. The standard InChI is InChI=1S/C23Cl48/c24-1(25,2(26,27)4(30,31)6(34,35)8(38,39)10(42,43)12(46,47)14(50,51)16(54,55)18(58,59)20(62,63)22(66,67)68)3(28,29)5(32,33)7(36,37)9(40,41)11(44,45)13(48,49)15(52,53)17(56,57)19(60,61)21(64,65)23(69,70)71. The molecule has 0 spiro atoms. The third kappa shape index (κ3) is 12.5. The van der Waals surface area contributed by atoms with Gasteiger partial charge in [-0.15, -0.1) is 0 Å². The van der Waals surface area contributed by atoms with E-state index >= 15 is 0 Å². The van der Waals surface area contributed by atoms with Crippen molar-refractivity contribution in [1.82, 2.24) is 0 Å². The summed E-state index contributed by atoms with van der Waals surface area (Å²) in [5, 5.41) is 0. The fourth-order valence-corrected chi connectivity index (χ4v) is 20.5. The van der Waals surface area contributed by atoms with E-state index in [-0.39, 0.29) is 0 Å². The van der Waals surface area contributed by atoms with Gasteiger partial charge in [0.15, 0.2) is 82.3 Å². The van der Waals surface area contributed by atoms with Crippen LogP contribution in [0.3, 0.4) is 0 Å². The average molecular weight is 1980 g/mol. The summed E-state index contributed by atoms with van der Waals surface area (Å²) in [5.41, 5.74) is 0. The van der Waals surface area contributed by atoms with E-state index in [0.29, 0.717) is 0 Å². The molecule has 0 nitrogen and oxygen atoms in total. The Kier molecular flexibility index (Phi) is 29.9. The lowest BCUT2D eigenvalue weighted by atomic mass is 9.95. The van der Waals surface area contributed by atoms with Gasteiger partial charge in [0.25, 0.3) is 0 Å². The van der Waals surface area contributed by atoms with Crippen molar-refractivity contribution in [1.29, 1.82) is 0 Å². The van der Waals surface area contributed by atoms with Crippen molar-refractivity contribution in [2.24, 2.45) is 0 Å². The van der Waals surface area contributed by atoms with E-state index in [4.69, 9.17) is 557 Å². The van der Waals surface area contributed by atoms with Crippen LogP contribution in [0, 0.1) is 0 Å². The van der Waals surface area contributed by atoms with E-state index in [1.54, 1.807) is 0 Å². The molecule has 0 saturated carbocycles. The molecular weight excluding hydrogens is 1980 g/mol. The fraction of sp³-hybridized carbons (Fsp3) is 1.00. The second kappa shape index (κ2) is 25.0. The molecule has 428 valence electrons. The number of alkyl halides is 48. The van der Waals surface area contributed by atoms with Crippen LogP contribution in [0.2, 0.25) is 0 Å². The minimum atomic E-state index is -3.89. The van der Waals surface area contributed by atoms with Crippen LogP contribution in [0.25, 0.3) is 0 Å². The Balaban J connectivity index is 8.13. The van der Waals surface area contributed by atoms with E-state index in [1.807, 2.05) is 0 Å². The summed E-state index contributed by atoms with van der Waals surface area (Å²) in [7, 11) is 0. The van der Waals surface area contributed by atoms with E-state index in [9.17, 15) is 0 Å². The summed E-state index contributed by atoms with van der Waals surface area (Å²) in [4.78, 5) is 0. The van der Waals surface area contributed by atoms with Gasteiger partial charge in [-0.1, -0.05) is 557 Å². The Labute approximate surface area is 643 Å². The molecule has 48 heteroatoms. The van der Waals surface area contributed by atoms with Crippen LogP contribution in [0.15, 0.2) is 0 Å². The molecule has 0 N–H and O–H groups in total. The smallest absolute Gasteiger partial charge is 0.0946 e. The molecule has 0 bridgehead atoms. The highest BCUT2D eigenvalue weighted by molar-refractivity contribution is 6.88. The van der Waals surface area contributed by atoms with Gasteiger partial charge in [0.05, 0.1) is 0 Å². The Morgan fingerprint density at radius 2 is 0.113 bits per heavy atom. The zero-order valence-electron chi connectivity index (χ0n) is 29.6. The van der Waals surface area contributed by atoms with Crippen LogP contribution >= 0.6 is 557 Å². The van der Waals surface area contributed by atoms with Crippen molar-refractivity contribution < 1.29 is 0 Å². The molecule has 0 heterocycles. The average Bonchev–Trinajstić information content (AvgIpc) is 3.11. The van der Waals surface area contributed by atoms with Crippen LogP contribution in [-0.2, 0) is 0 Å². The van der Waals surface area contributed by atoms with Crippen molar-refractivity contribution >= 4 is 557 Å². The van der Waals surface area contributed by atoms with E-state index in [2.05, 4.69) is 0 Å². The van der Waals surface area contributed by atoms with Crippen LogP contribution in [0.1, 0.15) is 0 Å². The first-order valence-corrected chi connectivity index (χ1v) is 32.7. The second-order valence-corrected chi connectivity index (χ2v) is 45.5. The molecule has 0 fully saturated rings. The molecule has 0 unspecified atom stereocenters. The molecule has 0 atom stereocenters. The first kappa shape index (κ1) is 84.9. The minimum Gasteiger partial charge on any atom is -0.0946 e. The second-order valence-electron chi connectivity index (χ2n) is 13.1. The molecule has 0 aliphatic heterocycles. The topological polar surface area (TPSA) is 0 Å². The predicted molar refractivity (Wildman–Crippen MR) is 344 cm³/mol. The van der Waals surface area contributed by atoms with Crippen molar-refractivity contribution in [2.45, 2.75) is 98.6 Å². The van der Waals surface area contributed by atoms with Gasteiger partial charge in [-0.25, -0.2) is 0 Å². The lowest BCUT2D eigenvalue weighted by molar-refractivity contribution is 0.383. The maximum atomic E-state index is 6.66. The summed E-state index contributed by atoms with van der Waals surface area (Å²) < 4.78 is -82.9.